The van der Waals surface area contributed by atoms with Gasteiger partial charge in [0.25, 0.3) is 0 Å². The van der Waals surface area contributed by atoms with Crippen molar-refractivity contribution in [3.05, 3.63) is 57.3 Å². The number of rotatable bonds is 5. The second-order valence-electron chi connectivity index (χ2n) is 5.60. The van der Waals surface area contributed by atoms with Crippen molar-refractivity contribution in [3.8, 4) is 0 Å². The van der Waals surface area contributed by atoms with E-state index in [1.807, 2.05) is 39.8 Å². The molecule has 0 radical (unpaired) electrons. The number of hydrogen-bond donors (Lipinski definition) is 0. The van der Waals surface area contributed by atoms with Gasteiger partial charge in [-0.15, -0.1) is 0 Å². The fourth-order valence-corrected chi connectivity index (χ4v) is 2.84. The van der Waals surface area contributed by atoms with Gasteiger partial charge in [-0.05, 0) is 38.3 Å². The molecule has 0 saturated heterocycles. The number of nitrogens with zero attached hydrogens (tertiary/aromatic N) is 2. The molecule has 21 heavy (non-hydrogen) atoms. The van der Waals surface area contributed by atoms with Gasteiger partial charge in [0.05, 0.1) is 6.54 Å². The second-order valence-corrected chi connectivity index (χ2v) is 5.60. The maximum absolute atomic E-state index is 12.5. The molecule has 0 amide bonds. The molecule has 0 saturated carbocycles. The molecule has 0 aliphatic carbocycles. The van der Waals surface area contributed by atoms with Crippen LogP contribution in [0.5, 0.6) is 0 Å². The summed E-state index contributed by atoms with van der Waals surface area (Å²) in [5, 5.41) is 0. The average Bonchev–Trinajstić information content (AvgIpc) is 2.71. The third kappa shape index (κ3) is 3.15. The van der Waals surface area contributed by atoms with E-state index in [0.717, 1.165) is 28.7 Å². The van der Waals surface area contributed by atoms with Crippen molar-refractivity contribution in [3.63, 3.8) is 0 Å². The maximum Gasteiger partial charge on any atom is 0.328 e. The van der Waals surface area contributed by atoms with Gasteiger partial charge in [-0.25, -0.2) is 4.79 Å². The third-order valence-electron chi connectivity index (χ3n) is 3.65. The van der Waals surface area contributed by atoms with E-state index >= 15 is 0 Å². The Morgan fingerprint density at radius 3 is 2.19 bits per heavy atom. The number of carbonyl (C=O) groups excluding carboxylic acids is 1. The minimum atomic E-state index is -0.118. The van der Waals surface area contributed by atoms with Gasteiger partial charge in [-0.1, -0.05) is 24.6 Å². The Kier molecular flexibility index (Phi) is 4.46. The molecule has 0 spiro atoms. The van der Waals surface area contributed by atoms with Gasteiger partial charge in [-0.3, -0.25) is 13.9 Å². The first-order valence-electron chi connectivity index (χ1n) is 7.30. The molecule has 0 unspecified atom stereocenters. The number of carbonyl (C=O) groups is 1. The van der Waals surface area contributed by atoms with Crippen LogP contribution in [0.4, 0.5) is 0 Å². The molecule has 0 bridgehead atoms. The summed E-state index contributed by atoms with van der Waals surface area (Å²) in [6.07, 6.45) is 4.33. The van der Waals surface area contributed by atoms with Gasteiger partial charge in [0.15, 0.2) is 5.78 Å². The number of aryl methyl sites for hydroxylation is 4. The average molecular weight is 286 g/mol. The van der Waals surface area contributed by atoms with Crippen LogP contribution in [0.2, 0.25) is 0 Å². The van der Waals surface area contributed by atoms with Crippen LogP contribution in [0.25, 0.3) is 0 Å². The normalized spacial score (nSPS) is 10.9. The Bertz CT molecular complexity index is 700. The highest BCUT2D eigenvalue weighted by atomic mass is 16.2. The lowest BCUT2D eigenvalue weighted by Gasteiger charge is -2.10. The van der Waals surface area contributed by atoms with Crippen LogP contribution < -0.4 is 5.69 Å². The molecule has 2 aromatic rings. The number of aromatic nitrogens is 2. The Hall–Kier alpha value is -2.10. The third-order valence-corrected chi connectivity index (χ3v) is 3.65. The molecular weight excluding hydrogens is 264 g/mol. The lowest BCUT2D eigenvalue weighted by molar-refractivity contribution is 0.0969. The molecule has 1 heterocycles. The Morgan fingerprint density at radius 1 is 1.05 bits per heavy atom. The predicted octanol–water partition coefficient (Wildman–Crippen LogP) is 2.87. The van der Waals surface area contributed by atoms with Crippen LogP contribution in [0, 0.1) is 20.8 Å². The van der Waals surface area contributed by atoms with Crippen molar-refractivity contribution in [2.45, 2.75) is 47.2 Å². The minimum Gasteiger partial charge on any atom is -0.299 e. The Morgan fingerprint density at radius 2 is 1.62 bits per heavy atom. The lowest BCUT2D eigenvalue weighted by Crippen LogP contribution is -2.27. The number of imidazole rings is 1. The summed E-state index contributed by atoms with van der Waals surface area (Å²) in [4.78, 5) is 24.6. The molecule has 112 valence electrons. The predicted molar refractivity (Wildman–Crippen MR) is 84.0 cm³/mol. The van der Waals surface area contributed by atoms with Crippen LogP contribution in [0.1, 0.15) is 40.4 Å². The zero-order valence-electron chi connectivity index (χ0n) is 13.1. The van der Waals surface area contributed by atoms with Gasteiger partial charge in [0.2, 0.25) is 0 Å². The fraction of sp³-hybridized carbons (Fsp3) is 0.412. The molecule has 0 N–H and O–H groups in total. The summed E-state index contributed by atoms with van der Waals surface area (Å²) in [6.45, 7) is 8.71. The van der Waals surface area contributed by atoms with E-state index in [9.17, 15) is 9.59 Å². The van der Waals surface area contributed by atoms with Crippen molar-refractivity contribution in [2.24, 2.45) is 0 Å². The number of Topliss-reactive ketones (excluding diaryl/α,β-unsaturated/α-hetero) is 1. The van der Waals surface area contributed by atoms with Crippen LogP contribution in [-0.4, -0.2) is 14.9 Å². The highest BCUT2D eigenvalue weighted by Crippen LogP contribution is 2.17. The quantitative estimate of drug-likeness (QED) is 0.793. The summed E-state index contributed by atoms with van der Waals surface area (Å²) >= 11 is 0. The first-order chi connectivity index (χ1) is 9.93. The van der Waals surface area contributed by atoms with Crippen molar-refractivity contribution in [2.75, 3.05) is 0 Å². The standard InChI is InChI=1S/C17H22N2O2/c1-5-6-18-7-8-19(17(18)21)11-15(20)16-13(3)9-12(2)10-14(16)4/h7-10H,5-6,11H2,1-4H3. The molecule has 2 rings (SSSR count). The van der Waals surface area contributed by atoms with Crippen molar-refractivity contribution in [1.29, 1.82) is 0 Å². The summed E-state index contributed by atoms with van der Waals surface area (Å²) in [5.74, 6) is -0.0126. The van der Waals surface area contributed by atoms with Crippen molar-refractivity contribution < 1.29 is 4.79 Å². The van der Waals surface area contributed by atoms with Crippen molar-refractivity contribution in [1.82, 2.24) is 9.13 Å². The van der Waals surface area contributed by atoms with E-state index in [2.05, 4.69) is 0 Å². The van der Waals surface area contributed by atoms with E-state index < -0.39 is 0 Å². The smallest absolute Gasteiger partial charge is 0.299 e. The first-order valence-corrected chi connectivity index (χ1v) is 7.30. The summed E-state index contributed by atoms with van der Waals surface area (Å²) < 4.78 is 3.12. The topological polar surface area (TPSA) is 44.0 Å². The molecule has 4 nitrogen and oxygen atoms in total. The largest absolute Gasteiger partial charge is 0.328 e. The zero-order chi connectivity index (χ0) is 15.6. The second kappa shape index (κ2) is 6.12. The van der Waals surface area contributed by atoms with Gasteiger partial charge in [0.1, 0.15) is 0 Å². The van der Waals surface area contributed by atoms with E-state index in [0.29, 0.717) is 6.54 Å². The van der Waals surface area contributed by atoms with Gasteiger partial charge < -0.3 is 0 Å². The molecule has 1 aromatic heterocycles. The Labute approximate surface area is 125 Å². The SMILES string of the molecule is CCCn1ccn(CC(=O)c2c(C)cc(C)cc2C)c1=O. The number of ketones is 1. The minimum absolute atomic E-state index is 0.0126. The first kappa shape index (κ1) is 15.3. The molecular formula is C17H22N2O2. The molecule has 4 heteroatoms. The van der Waals surface area contributed by atoms with Gasteiger partial charge in [0, 0.05) is 24.5 Å². The molecule has 1 aromatic carbocycles. The van der Waals surface area contributed by atoms with E-state index in [1.165, 1.54) is 4.57 Å². The zero-order valence-corrected chi connectivity index (χ0v) is 13.1. The van der Waals surface area contributed by atoms with Crippen LogP contribution in [-0.2, 0) is 13.1 Å². The number of hydrogen-bond acceptors (Lipinski definition) is 2. The molecule has 0 atom stereocenters. The van der Waals surface area contributed by atoms with Crippen molar-refractivity contribution >= 4 is 5.78 Å². The molecule has 0 aliphatic rings. The Balaban J connectivity index is 2.29. The fourth-order valence-electron chi connectivity index (χ4n) is 2.84. The summed E-state index contributed by atoms with van der Waals surface area (Å²) in [7, 11) is 0. The summed E-state index contributed by atoms with van der Waals surface area (Å²) in [6, 6.07) is 4.01. The van der Waals surface area contributed by atoms with Crippen LogP contribution >= 0.6 is 0 Å². The molecule has 0 fully saturated rings. The van der Waals surface area contributed by atoms with Crippen LogP contribution in [0.3, 0.4) is 0 Å². The van der Waals surface area contributed by atoms with Crippen LogP contribution in [0.15, 0.2) is 29.3 Å². The molecule has 0 aliphatic heterocycles. The highest BCUT2D eigenvalue weighted by Gasteiger charge is 2.15. The van der Waals surface area contributed by atoms with Gasteiger partial charge in [-0.2, -0.15) is 0 Å². The summed E-state index contributed by atoms with van der Waals surface area (Å²) in [5.41, 5.74) is 3.70. The lowest BCUT2D eigenvalue weighted by atomic mass is 9.96. The number of benzene rings is 1. The van der Waals surface area contributed by atoms with Gasteiger partial charge >= 0.3 is 5.69 Å². The maximum atomic E-state index is 12.5. The highest BCUT2D eigenvalue weighted by molar-refractivity contribution is 5.98. The van der Waals surface area contributed by atoms with E-state index in [4.69, 9.17) is 0 Å². The van der Waals surface area contributed by atoms with E-state index in [-0.39, 0.29) is 18.0 Å². The van der Waals surface area contributed by atoms with E-state index in [1.54, 1.807) is 17.0 Å². The monoisotopic (exact) mass is 286 g/mol.